The minimum Gasteiger partial charge on any atom is -0.258 e. The Bertz CT molecular complexity index is 482. The van der Waals surface area contributed by atoms with Crippen LogP contribution in [0.4, 0.5) is 5.69 Å². The fourth-order valence-corrected chi connectivity index (χ4v) is 1.82. The second-order valence-electron chi connectivity index (χ2n) is 2.64. The Morgan fingerprint density at radius 3 is 2.36 bits per heavy atom. The molecular formula is C7H6ClNO4S. The van der Waals surface area contributed by atoms with Crippen LogP contribution in [0, 0.1) is 17.0 Å². The van der Waals surface area contributed by atoms with Gasteiger partial charge in [-0.25, -0.2) is 8.42 Å². The monoisotopic (exact) mass is 235 g/mol. The van der Waals surface area contributed by atoms with Gasteiger partial charge in [0.2, 0.25) is 0 Å². The van der Waals surface area contributed by atoms with Gasteiger partial charge in [-0.05, 0) is 19.1 Å². The summed E-state index contributed by atoms with van der Waals surface area (Å²) in [5, 5.41) is 10.4. The van der Waals surface area contributed by atoms with Crippen molar-refractivity contribution in [2.45, 2.75) is 11.8 Å². The van der Waals surface area contributed by atoms with Gasteiger partial charge in [0.1, 0.15) is 0 Å². The Morgan fingerprint density at radius 1 is 1.43 bits per heavy atom. The van der Waals surface area contributed by atoms with E-state index in [0.29, 0.717) is 0 Å². The van der Waals surface area contributed by atoms with Crippen molar-refractivity contribution >= 4 is 25.4 Å². The van der Waals surface area contributed by atoms with Crippen molar-refractivity contribution < 1.29 is 13.3 Å². The van der Waals surface area contributed by atoms with Crippen molar-refractivity contribution in [1.82, 2.24) is 0 Å². The molecule has 0 aromatic heterocycles. The molecule has 1 aromatic rings. The average molecular weight is 236 g/mol. The Morgan fingerprint density at radius 2 is 2.00 bits per heavy atom. The van der Waals surface area contributed by atoms with E-state index in [2.05, 4.69) is 0 Å². The topological polar surface area (TPSA) is 77.3 Å². The van der Waals surface area contributed by atoms with Crippen LogP contribution in [-0.2, 0) is 9.05 Å². The number of nitrogens with zero attached hydrogens (tertiary/aromatic N) is 1. The van der Waals surface area contributed by atoms with Crippen LogP contribution in [0.25, 0.3) is 0 Å². The first kappa shape index (κ1) is 10.9. The first-order valence-electron chi connectivity index (χ1n) is 3.52. The van der Waals surface area contributed by atoms with Crippen LogP contribution in [0.1, 0.15) is 5.56 Å². The number of nitro groups is 1. The maximum atomic E-state index is 10.9. The summed E-state index contributed by atoms with van der Waals surface area (Å²) < 4.78 is 21.7. The number of nitro benzene ring substituents is 1. The normalized spacial score (nSPS) is 11.3. The molecule has 0 atom stereocenters. The predicted molar refractivity (Wildman–Crippen MR) is 50.9 cm³/mol. The standard InChI is InChI=1S/C7H6ClNO4S/c1-5-4-6(14(8,12)13)2-3-7(5)9(10)11/h2-4H,1H3. The number of rotatable bonds is 2. The van der Waals surface area contributed by atoms with Gasteiger partial charge in [-0.2, -0.15) is 0 Å². The largest absolute Gasteiger partial charge is 0.272 e. The molecule has 1 aromatic carbocycles. The minimum atomic E-state index is -3.82. The summed E-state index contributed by atoms with van der Waals surface area (Å²) in [7, 11) is 1.25. The smallest absolute Gasteiger partial charge is 0.258 e. The van der Waals surface area contributed by atoms with Crippen LogP contribution in [0.2, 0.25) is 0 Å². The molecule has 0 amide bonds. The lowest BCUT2D eigenvalue weighted by atomic mass is 10.2. The lowest BCUT2D eigenvalue weighted by Gasteiger charge is -1.99. The Kier molecular flexibility index (Phi) is 2.77. The Hall–Kier alpha value is -1.14. The van der Waals surface area contributed by atoms with Gasteiger partial charge in [0, 0.05) is 22.3 Å². The zero-order valence-corrected chi connectivity index (χ0v) is 8.67. The number of aryl methyl sites for hydroxylation is 1. The third-order valence-electron chi connectivity index (χ3n) is 1.65. The van der Waals surface area contributed by atoms with Gasteiger partial charge in [-0.15, -0.1) is 0 Å². The molecule has 76 valence electrons. The van der Waals surface area contributed by atoms with Crippen molar-refractivity contribution in [3.63, 3.8) is 0 Å². The summed E-state index contributed by atoms with van der Waals surface area (Å²) in [4.78, 5) is 9.69. The molecule has 5 nitrogen and oxygen atoms in total. The molecule has 0 radical (unpaired) electrons. The van der Waals surface area contributed by atoms with Crippen molar-refractivity contribution in [3.8, 4) is 0 Å². The van der Waals surface area contributed by atoms with Gasteiger partial charge in [-0.3, -0.25) is 10.1 Å². The molecular weight excluding hydrogens is 230 g/mol. The highest BCUT2D eigenvalue weighted by atomic mass is 35.7. The van der Waals surface area contributed by atoms with Gasteiger partial charge < -0.3 is 0 Å². The second kappa shape index (κ2) is 3.55. The predicted octanol–water partition coefficient (Wildman–Crippen LogP) is 1.83. The van der Waals surface area contributed by atoms with Crippen molar-refractivity contribution in [3.05, 3.63) is 33.9 Å². The Balaban J connectivity index is 3.34. The maximum Gasteiger partial charge on any atom is 0.272 e. The van der Waals surface area contributed by atoms with E-state index < -0.39 is 14.0 Å². The van der Waals surface area contributed by atoms with Gasteiger partial charge in [0.15, 0.2) is 0 Å². The van der Waals surface area contributed by atoms with Crippen LogP contribution in [0.15, 0.2) is 23.1 Å². The number of benzene rings is 1. The number of hydrogen-bond donors (Lipinski definition) is 0. The summed E-state index contributed by atoms with van der Waals surface area (Å²) in [5.41, 5.74) is 0.130. The SMILES string of the molecule is Cc1cc(S(=O)(=O)Cl)ccc1[N+](=O)[O-]. The molecule has 0 unspecified atom stereocenters. The molecule has 0 spiro atoms. The van der Waals surface area contributed by atoms with E-state index in [1.807, 2.05) is 0 Å². The Labute approximate surface area is 84.9 Å². The molecule has 0 heterocycles. The molecule has 0 aliphatic carbocycles. The van der Waals surface area contributed by atoms with E-state index in [-0.39, 0.29) is 16.1 Å². The van der Waals surface area contributed by atoms with Crippen LogP contribution in [0.5, 0.6) is 0 Å². The van der Waals surface area contributed by atoms with Gasteiger partial charge in [0.25, 0.3) is 14.7 Å². The third kappa shape index (κ3) is 2.21. The molecule has 0 saturated heterocycles. The van der Waals surface area contributed by atoms with Crippen LogP contribution >= 0.6 is 10.7 Å². The first-order valence-corrected chi connectivity index (χ1v) is 5.83. The summed E-state index contributed by atoms with van der Waals surface area (Å²) in [6, 6.07) is 3.39. The van der Waals surface area contributed by atoms with E-state index >= 15 is 0 Å². The molecule has 7 heteroatoms. The van der Waals surface area contributed by atoms with Crippen molar-refractivity contribution in [2.75, 3.05) is 0 Å². The zero-order chi connectivity index (χ0) is 10.9. The summed E-state index contributed by atoms with van der Waals surface area (Å²) in [5.74, 6) is 0. The van der Waals surface area contributed by atoms with Crippen LogP contribution < -0.4 is 0 Å². The van der Waals surface area contributed by atoms with E-state index in [0.717, 1.165) is 12.1 Å². The number of hydrogen-bond acceptors (Lipinski definition) is 4. The zero-order valence-electron chi connectivity index (χ0n) is 7.10. The van der Waals surface area contributed by atoms with Crippen molar-refractivity contribution in [1.29, 1.82) is 0 Å². The molecule has 0 bridgehead atoms. The van der Waals surface area contributed by atoms with Crippen LogP contribution in [-0.4, -0.2) is 13.3 Å². The lowest BCUT2D eigenvalue weighted by molar-refractivity contribution is -0.385. The van der Waals surface area contributed by atoms with E-state index in [1.165, 1.54) is 13.0 Å². The highest BCUT2D eigenvalue weighted by Gasteiger charge is 2.15. The molecule has 14 heavy (non-hydrogen) atoms. The fraction of sp³-hybridized carbons (Fsp3) is 0.143. The quantitative estimate of drug-likeness (QED) is 0.445. The second-order valence-corrected chi connectivity index (χ2v) is 5.21. The summed E-state index contributed by atoms with van der Waals surface area (Å²) in [6.45, 7) is 1.45. The lowest BCUT2D eigenvalue weighted by Crippen LogP contribution is -1.95. The number of halogens is 1. The van der Waals surface area contributed by atoms with E-state index in [9.17, 15) is 18.5 Å². The van der Waals surface area contributed by atoms with Gasteiger partial charge in [0.05, 0.1) is 9.82 Å². The fourth-order valence-electron chi connectivity index (χ4n) is 0.984. The van der Waals surface area contributed by atoms with Crippen molar-refractivity contribution in [2.24, 2.45) is 0 Å². The minimum absolute atomic E-state index is 0.130. The third-order valence-corrected chi connectivity index (χ3v) is 3.00. The molecule has 0 saturated carbocycles. The summed E-state index contributed by atoms with van der Waals surface area (Å²) >= 11 is 0. The van der Waals surface area contributed by atoms with Gasteiger partial charge >= 0.3 is 0 Å². The van der Waals surface area contributed by atoms with Gasteiger partial charge in [-0.1, -0.05) is 0 Å². The molecule has 1 rings (SSSR count). The summed E-state index contributed by atoms with van der Waals surface area (Å²) in [6.07, 6.45) is 0. The van der Waals surface area contributed by atoms with E-state index in [4.69, 9.17) is 10.7 Å². The average Bonchev–Trinajstić information content (AvgIpc) is 2.01. The molecule has 0 fully saturated rings. The highest BCUT2D eigenvalue weighted by molar-refractivity contribution is 8.13. The van der Waals surface area contributed by atoms with E-state index in [1.54, 1.807) is 0 Å². The highest BCUT2D eigenvalue weighted by Crippen LogP contribution is 2.23. The first-order chi connectivity index (χ1) is 6.32. The molecule has 0 aliphatic heterocycles. The maximum absolute atomic E-state index is 10.9. The molecule has 0 N–H and O–H groups in total. The van der Waals surface area contributed by atoms with Crippen LogP contribution in [0.3, 0.4) is 0 Å². The molecule has 0 aliphatic rings.